The number of hydrogen-bond acceptors (Lipinski definition) is 5. The number of hydrogen-bond donors (Lipinski definition) is 1. The fourth-order valence-electron chi connectivity index (χ4n) is 1.93. The summed E-state index contributed by atoms with van der Waals surface area (Å²) in [6, 6.07) is 11.5. The van der Waals surface area contributed by atoms with Gasteiger partial charge in [0.05, 0.1) is 0 Å². The molecule has 2 aromatic rings. The highest BCUT2D eigenvalue weighted by Crippen LogP contribution is 2.18. The van der Waals surface area contributed by atoms with Crippen molar-refractivity contribution in [2.24, 2.45) is 0 Å². The van der Waals surface area contributed by atoms with Gasteiger partial charge in [-0.2, -0.15) is 5.26 Å². The van der Waals surface area contributed by atoms with E-state index in [2.05, 4.69) is 0 Å². The maximum Gasteiger partial charge on any atom is 0.271 e. The second-order valence-corrected chi connectivity index (χ2v) is 6.46. The topological polar surface area (TPSA) is 96.3 Å². The summed E-state index contributed by atoms with van der Waals surface area (Å²) in [5.74, 6) is -1.48. The number of rotatable bonds is 5. The first kappa shape index (κ1) is 17.4. The minimum Gasteiger partial charge on any atom is -0.483 e. The first-order valence-electron chi connectivity index (χ1n) is 6.78. The largest absolute Gasteiger partial charge is 0.483 e. The standard InChI is InChI=1S/C16H13FN2O4S/c1-11-5-2-3-7-14(11)23-10-16(20)19-24(21,22)15-8-4-6-13(17)12(15)9-18/h2-8H,10H2,1H3,(H,19,20). The van der Waals surface area contributed by atoms with Crippen molar-refractivity contribution in [2.45, 2.75) is 11.8 Å². The minimum absolute atomic E-state index is 0.438. The average Bonchev–Trinajstić information content (AvgIpc) is 2.53. The van der Waals surface area contributed by atoms with Crippen LogP contribution in [0.3, 0.4) is 0 Å². The number of sulfonamides is 1. The van der Waals surface area contributed by atoms with Crippen LogP contribution in [0.4, 0.5) is 4.39 Å². The molecule has 0 spiro atoms. The number of nitriles is 1. The second-order valence-electron chi connectivity index (χ2n) is 4.81. The van der Waals surface area contributed by atoms with Crippen molar-refractivity contribution < 1.29 is 22.3 Å². The Balaban J connectivity index is 2.13. The van der Waals surface area contributed by atoms with Crippen LogP contribution < -0.4 is 9.46 Å². The zero-order valence-corrected chi connectivity index (χ0v) is 13.4. The summed E-state index contributed by atoms with van der Waals surface area (Å²) in [5, 5.41) is 8.89. The smallest absolute Gasteiger partial charge is 0.271 e. The lowest BCUT2D eigenvalue weighted by Gasteiger charge is -2.10. The molecule has 0 bridgehead atoms. The molecule has 0 radical (unpaired) electrons. The molecule has 0 aliphatic carbocycles. The van der Waals surface area contributed by atoms with E-state index < -0.39 is 38.8 Å². The van der Waals surface area contributed by atoms with E-state index in [4.69, 9.17) is 10.00 Å². The number of nitrogens with one attached hydrogen (secondary N) is 1. The van der Waals surface area contributed by atoms with Crippen LogP contribution in [0, 0.1) is 24.1 Å². The van der Waals surface area contributed by atoms with E-state index in [0.717, 1.165) is 23.8 Å². The number of ether oxygens (including phenoxy) is 1. The van der Waals surface area contributed by atoms with Gasteiger partial charge in [-0.05, 0) is 30.7 Å². The van der Waals surface area contributed by atoms with E-state index in [1.807, 2.05) is 0 Å². The molecule has 0 saturated carbocycles. The first-order chi connectivity index (χ1) is 11.3. The summed E-state index contributed by atoms with van der Waals surface area (Å²) in [7, 11) is -4.38. The van der Waals surface area contributed by atoms with Crippen LogP contribution in [0.5, 0.6) is 5.75 Å². The Morgan fingerprint density at radius 3 is 2.62 bits per heavy atom. The molecule has 0 atom stereocenters. The molecule has 8 heteroatoms. The lowest BCUT2D eigenvalue weighted by molar-refractivity contribution is -0.121. The number of benzene rings is 2. The van der Waals surface area contributed by atoms with Gasteiger partial charge in [-0.25, -0.2) is 17.5 Å². The first-order valence-corrected chi connectivity index (χ1v) is 8.26. The molecule has 0 heterocycles. The number of nitrogens with zero attached hydrogens (tertiary/aromatic N) is 1. The van der Waals surface area contributed by atoms with Gasteiger partial charge in [0.15, 0.2) is 6.61 Å². The normalized spacial score (nSPS) is 10.7. The highest BCUT2D eigenvalue weighted by atomic mass is 32.2. The molecule has 6 nitrogen and oxygen atoms in total. The number of halogens is 1. The Kier molecular flexibility index (Phi) is 5.16. The third kappa shape index (κ3) is 3.88. The summed E-state index contributed by atoms with van der Waals surface area (Å²) in [5.41, 5.74) is 0.127. The quantitative estimate of drug-likeness (QED) is 0.890. The SMILES string of the molecule is Cc1ccccc1OCC(=O)NS(=O)(=O)c1cccc(F)c1C#N. The molecule has 0 aromatic heterocycles. The van der Waals surface area contributed by atoms with Gasteiger partial charge >= 0.3 is 0 Å². The predicted octanol–water partition coefficient (Wildman–Crippen LogP) is 1.89. The monoisotopic (exact) mass is 348 g/mol. The highest BCUT2D eigenvalue weighted by molar-refractivity contribution is 7.90. The Labute approximate surface area is 138 Å². The van der Waals surface area contributed by atoms with Gasteiger partial charge in [0.1, 0.15) is 28.1 Å². The van der Waals surface area contributed by atoms with E-state index in [1.165, 1.54) is 6.07 Å². The molecule has 2 aromatic carbocycles. The van der Waals surface area contributed by atoms with E-state index in [-0.39, 0.29) is 0 Å². The van der Waals surface area contributed by atoms with Crippen molar-refractivity contribution in [1.29, 1.82) is 5.26 Å². The average molecular weight is 348 g/mol. The van der Waals surface area contributed by atoms with Crippen molar-refractivity contribution in [3.63, 3.8) is 0 Å². The van der Waals surface area contributed by atoms with Gasteiger partial charge < -0.3 is 4.74 Å². The van der Waals surface area contributed by atoms with Gasteiger partial charge in [-0.15, -0.1) is 0 Å². The summed E-state index contributed by atoms with van der Waals surface area (Å²) >= 11 is 0. The van der Waals surface area contributed by atoms with Crippen LogP contribution in [-0.4, -0.2) is 20.9 Å². The van der Waals surface area contributed by atoms with E-state index in [1.54, 1.807) is 35.9 Å². The van der Waals surface area contributed by atoms with Crippen molar-refractivity contribution in [1.82, 2.24) is 4.72 Å². The zero-order chi connectivity index (χ0) is 17.7. The molecule has 0 aliphatic heterocycles. The number of amides is 1. The van der Waals surface area contributed by atoms with Crippen LogP contribution in [-0.2, 0) is 14.8 Å². The third-order valence-electron chi connectivity index (χ3n) is 3.08. The highest BCUT2D eigenvalue weighted by Gasteiger charge is 2.23. The van der Waals surface area contributed by atoms with E-state index >= 15 is 0 Å². The molecular weight excluding hydrogens is 335 g/mol. The van der Waals surface area contributed by atoms with Crippen LogP contribution in [0.25, 0.3) is 0 Å². The Hall–Kier alpha value is -2.92. The minimum atomic E-state index is -4.38. The van der Waals surface area contributed by atoms with Gasteiger partial charge in [0.25, 0.3) is 15.9 Å². The Bertz CT molecular complexity index is 920. The molecule has 0 unspecified atom stereocenters. The van der Waals surface area contributed by atoms with Gasteiger partial charge in [-0.1, -0.05) is 24.3 Å². The molecular formula is C16H13FN2O4S. The van der Waals surface area contributed by atoms with Crippen molar-refractivity contribution in [3.05, 3.63) is 59.4 Å². The zero-order valence-electron chi connectivity index (χ0n) is 12.6. The van der Waals surface area contributed by atoms with Crippen LogP contribution in [0.2, 0.25) is 0 Å². The maximum atomic E-state index is 13.5. The molecule has 0 saturated heterocycles. The summed E-state index contributed by atoms with van der Waals surface area (Å²) in [6.45, 7) is 1.23. The number of aryl methyl sites for hydroxylation is 1. The number of carbonyl (C=O) groups is 1. The summed E-state index contributed by atoms with van der Waals surface area (Å²) < 4.78 is 44.8. The number of para-hydroxylation sites is 1. The summed E-state index contributed by atoms with van der Waals surface area (Å²) in [4.78, 5) is 11.2. The second kappa shape index (κ2) is 7.10. The van der Waals surface area contributed by atoms with Crippen molar-refractivity contribution >= 4 is 15.9 Å². The maximum absolute atomic E-state index is 13.5. The van der Waals surface area contributed by atoms with Crippen molar-refractivity contribution in [2.75, 3.05) is 6.61 Å². The lowest BCUT2D eigenvalue weighted by Crippen LogP contribution is -2.35. The van der Waals surface area contributed by atoms with Crippen molar-refractivity contribution in [3.8, 4) is 11.8 Å². The molecule has 0 aliphatic rings. The summed E-state index contributed by atoms with van der Waals surface area (Å²) in [6.07, 6.45) is 0. The Morgan fingerprint density at radius 1 is 1.25 bits per heavy atom. The predicted molar refractivity (Wildman–Crippen MR) is 83.1 cm³/mol. The fraction of sp³-hybridized carbons (Fsp3) is 0.125. The molecule has 2 rings (SSSR count). The number of carbonyl (C=O) groups excluding carboxylic acids is 1. The molecule has 0 fully saturated rings. The molecule has 124 valence electrons. The van der Waals surface area contributed by atoms with Gasteiger partial charge in [0.2, 0.25) is 0 Å². The van der Waals surface area contributed by atoms with Crippen LogP contribution in [0.1, 0.15) is 11.1 Å². The lowest BCUT2D eigenvalue weighted by atomic mass is 10.2. The van der Waals surface area contributed by atoms with Gasteiger partial charge in [0, 0.05) is 0 Å². The van der Waals surface area contributed by atoms with Crippen LogP contribution >= 0.6 is 0 Å². The fourth-order valence-corrected chi connectivity index (χ4v) is 3.07. The van der Waals surface area contributed by atoms with Gasteiger partial charge in [-0.3, -0.25) is 4.79 Å². The third-order valence-corrected chi connectivity index (χ3v) is 4.49. The van der Waals surface area contributed by atoms with Crippen LogP contribution in [0.15, 0.2) is 47.4 Å². The Morgan fingerprint density at radius 2 is 1.96 bits per heavy atom. The molecule has 1 N–H and O–H groups in total. The van der Waals surface area contributed by atoms with E-state index in [0.29, 0.717) is 5.75 Å². The van der Waals surface area contributed by atoms with E-state index in [9.17, 15) is 17.6 Å². The molecule has 1 amide bonds. The molecule has 24 heavy (non-hydrogen) atoms.